The molecule has 28 heavy (non-hydrogen) atoms. The number of carbonyl (C=O) groups excluding carboxylic acids is 1. The number of hydrogen-bond acceptors (Lipinski definition) is 5. The number of hydrogen-bond donors (Lipinski definition) is 1. The number of methoxy groups -OCH3 is 1. The van der Waals surface area contributed by atoms with E-state index < -0.39 is 0 Å². The van der Waals surface area contributed by atoms with E-state index in [0.29, 0.717) is 5.78 Å². The van der Waals surface area contributed by atoms with Crippen molar-refractivity contribution < 1.29 is 9.53 Å². The van der Waals surface area contributed by atoms with Crippen molar-refractivity contribution in [2.24, 2.45) is 0 Å². The van der Waals surface area contributed by atoms with E-state index in [9.17, 15) is 4.79 Å². The van der Waals surface area contributed by atoms with Gasteiger partial charge in [-0.15, -0.1) is 0 Å². The largest absolute Gasteiger partial charge is 0.496 e. The number of benzene rings is 1. The zero-order chi connectivity index (χ0) is 19.8. The molecule has 1 N–H and O–H groups in total. The second-order valence-electron chi connectivity index (χ2n) is 7.05. The highest BCUT2D eigenvalue weighted by molar-refractivity contribution is 9.10. The van der Waals surface area contributed by atoms with Gasteiger partial charge in [-0.1, -0.05) is 0 Å². The molecule has 1 aliphatic heterocycles. The lowest BCUT2D eigenvalue weighted by Crippen LogP contribution is -2.35. The Balaban J connectivity index is 1.63. The average Bonchev–Trinajstić information content (AvgIpc) is 3.28. The smallest absolute Gasteiger partial charge is 0.236 e. The number of anilines is 1. The molecular weight excluding hydrogens is 422 g/mol. The van der Waals surface area contributed by atoms with E-state index in [1.165, 1.54) is 0 Å². The first-order valence-electron chi connectivity index (χ1n) is 9.17. The molecule has 8 heteroatoms. The van der Waals surface area contributed by atoms with Crippen LogP contribution >= 0.6 is 15.9 Å². The SMILES string of the molecule is COc1cc(C)c(-c2cn3ccc(N4CCC(NC(C)=O)C4)nc3n2)cc1Br. The molecule has 3 aromatic rings. The standard InChI is InChI=1S/C20H22BrN5O2/c1-12-8-18(28-3)16(21)9-15(12)17-11-26-7-5-19(24-20(26)23-17)25-6-4-14(10-25)22-13(2)27/h5,7-9,11,14H,4,6,10H2,1-3H3,(H,22,27). The number of halogens is 1. The van der Waals surface area contributed by atoms with Crippen molar-refractivity contribution in [2.45, 2.75) is 26.3 Å². The van der Waals surface area contributed by atoms with Crippen molar-refractivity contribution in [2.75, 3.05) is 25.1 Å². The van der Waals surface area contributed by atoms with Crippen LogP contribution in [0.2, 0.25) is 0 Å². The third kappa shape index (κ3) is 3.56. The molecule has 1 saturated heterocycles. The van der Waals surface area contributed by atoms with E-state index in [0.717, 1.165) is 52.4 Å². The number of aryl methyl sites for hydroxylation is 1. The van der Waals surface area contributed by atoms with Crippen LogP contribution < -0.4 is 15.0 Å². The van der Waals surface area contributed by atoms with Crippen LogP contribution in [-0.4, -0.2) is 46.5 Å². The summed E-state index contributed by atoms with van der Waals surface area (Å²) in [5.41, 5.74) is 2.98. The zero-order valence-corrected chi connectivity index (χ0v) is 17.7. The van der Waals surface area contributed by atoms with Crippen LogP contribution in [0.4, 0.5) is 5.82 Å². The molecule has 0 spiro atoms. The fourth-order valence-electron chi connectivity index (χ4n) is 3.63. The highest BCUT2D eigenvalue weighted by atomic mass is 79.9. The number of ether oxygens (including phenoxy) is 1. The molecule has 2 aromatic heterocycles. The van der Waals surface area contributed by atoms with E-state index in [-0.39, 0.29) is 11.9 Å². The quantitative estimate of drug-likeness (QED) is 0.670. The van der Waals surface area contributed by atoms with Gasteiger partial charge < -0.3 is 15.0 Å². The van der Waals surface area contributed by atoms with Gasteiger partial charge in [0, 0.05) is 44.0 Å². The van der Waals surface area contributed by atoms with E-state index in [1.807, 2.05) is 41.9 Å². The van der Waals surface area contributed by atoms with Crippen molar-refractivity contribution in [1.82, 2.24) is 19.7 Å². The summed E-state index contributed by atoms with van der Waals surface area (Å²) in [6.07, 6.45) is 4.89. The van der Waals surface area contributed by atoms with E-state index in [1.54, 1.807) is 14.0 Å². The number of amides is 1. The van der Waals surface area contributed by atoms with Crippen LogP contribution in [0, 0.1) is 6.92 Å². The number of imidazole rings is 1. The maximum atomic E-state index is 11.3. The summed E-state index contributed by atoms with van der Waals surface area (Å²) >= 11 is 3.55. The molecule has 146 valence electrons. The van der Waals surface area contributed by atoms with Crippen molar-refractivity contribution in [3.63, 3.8) is 0 Å². The number of rotatable bonds is 4. The molecule has 1 aromatic carbocycles. The summed E-state index contributed by atoms with van der Waals surface area (Å²) in [7, 11) is 1.66. The van der Waals surface area contributed by atoms with E-state index in [2.05, 4.69) is 26.1 Å². The third-order valence-corrected chi connectivity index (χ3v) is 5.63. The summed E-state index contributed by atoms with van der Waals surface area (Å²) in [5.74, 6) is 2.34. The van der Waals surface area contributed by atoms with Gasteiger partial charge in [-0.25, -0.2) is 4.98 Å². The minimum atomic E-state index is 0.00850. The van der Waals surface area contributed by atoms with Crippen molar-refractivity contribution in [3.05, 3.63) is 40.6 Å². The fraction of sp³-hybridized carbons (Fsp3) is 0.350. The second-order valence-corrected chi connectivity index (χ2v) is 7.91. The van der Waals surface area contributed by atoms with Crippen LogP contribution in [0.3, 0.4) is 0 Å². The number of nitrogens with zero attached hydrogens (tertiary/aromatic N) is 4. The Morgan fingerprint density at radius 3 is 2.93 bits per heavy atom. The van der Waals surface area contributed by atoms with Gasteiger partial charge in [-0.2, -0.15) is 4.98 Å². The molecule has 1 fully saturated rings. The van der Waals surface area contributed by atoms with Crippen LogP contribution in [0.15, 0.2) is 35.1 Å². The van der Waals surface area contributed by atoms with Gasteiger partial charge in [-0.05, 0) is 53.0 Å². The Labute approximate surface area is 171 Å². The Morgan fingerprint density at radius 1 is 1.36 bits per heavy atom. The predicted molar refractivity (Wildman–Crippen MR) is 112 cm³/mol. The molecule has 0 saturated carbocycles. The molecule has 7 nitrogen and oxygen atoms in total. The second kappa shape index (κ2) is 7.43. The van der Waals surface area contributed by atoms with Gasteiger partial charge in [0.1, 0.15) is 11.6 Å². The lowest BCUT2D eigenvalue weighted by atomic mass is 10.1. The summed E-state index contributed by atoms with van der Waals surface area (Å²) in [5, 5.41) is 2.98. The first kappa shape index (κ1) is 18.7. The first-order valence-corrected chi connectivity index (χ1v) is 9.96. The summed E-state index contributed by atoms with van der Waals surface area (Å²) in [6.45, 7) is 5.23. The number of nitrogens with one attached hydrogen (secondary N) is 1. The van der Waals surface area contributed by atoms with Crippen LogP contribution in [0.1, 0.15) is 18.9 Å². The third-order valence-electron chi connectivity index (χ3n) is 5.01. The van der Waals surface area contributed by atoms with Crippen molar-refractivity contribution in [1.29, 1.82) is 0 Å². The van der Waals surface area contributed by atoms with Gasteiger partial charge >= 0.3 is 0 Å². The topological polar surface area (TPSA) is 71.8 Å². The normalized spacial score (nSPS) is 16.6. The average molecular weight is 444 g/mol. The minimum absolute atomic E-state index is 0.00850. The lowest BCUT2D eigenvalue weighted by Gasteiger charge is -2.17. The maximum absolute atomic E-state index is 11.3. The Kier molecular flexibility index (Phi) is 4.97. The number of aromatic nitrogens is 3. The molecule has 1 atom stereocenters. The van der Waals surface area contributed by atoms with Gasteiger partial charge in [0.25, 0.3) is 0 Å². The number of carbonyl (C=O) groups is 1. The molecule has 3 heterocycles. The minimum Gasteiger partial charge on any atom is -0.496 e. The van der Waals surface area contributed by atoms with Crippen LogP contribution in [-0.2, 0) is 4.79 Å². The summed E-state index contributed by atoms with van der Waals surface area (Å²) in [4.78, 5) is 22.9. The van der Waals surface area contributed by atoms with Gasteiger partial charge in [-0.3, -0.25) is 9.20 Å². The van der Waals surface area contributed by atoms with Crippen LogP contribution in [0.5, 0.6) is 5.75 Å². The van der Waals surface area contributed by atoms with Gasteiger partial charge in [0.15, 0.2) is 0 Å². The van der Waals surface area contributed by atoms with Crippen LogP contribution in [0.25, 0.3) is 17.0 Å². The molecule has 0 radical (unpaired) electrons. The van der Waals surface area contributed by atoms with Crippen molar-refractivity contribution >= 4 is 33.4 Å². The first-order chi connectivity index (χ1) is 13.4. The zero-order valence-electron chi connectivity index (χ0n) is 16.1. The Morgan fingerprint density at radius 2 is 2.18 bits per heavy atom. The monoisotopic (exact) mass is 443 g/mol. The van der Waals surface area contributed by atoms with E-state index in [4.69, 9.17) is 14.7 Å². The maximum Gasteiger partial charge on any atom is 0.236 e. The van der Waals surface area contributed by atoms with E-state index >= 15 is 0 Å². The Hall–Kier alpha value is -2.61. The van der Waals surface area contributed by atoms with Crippen molar-refractivity contribution in [3.8, 4) is 17.0 Å². The molecule has 1 amide bonds. The molecule has 1 unspecified atom stereocenters. The van der Waals surface area contributed by atoms with Gasteiger partial charge in [0.2, 0.25) is 11.7 Å². The van der Waals surface area contributed by atoms with Gasteiger partial charge in [0.05, 0.1) is 17.3 Å². The highest BCUT2D eigenvalue weighted by Crippen LogP contribution is 2.33. The predicted octanol–water partition coefficient (Wildman–Crippen LogP) is 3.19. The molecular formula is C20H22BrN5O2. The molecule has 0 bridgehead atoms. The molecule has 0 aliphatic carbocycles. The Bertz CT molecular complexity index is 1050. The fourth-order valence-corrected chi connectivity index (χ4v) is 4.14. The summed E-state index contributed by atoms with van der Waals surface area (Å²) < 4.78 is 8.18. The molecule has 4 rings (SSSR count). The molecule has 1 aliphatic rings. The summed E-state index contributed by atoms with van der Waals surface area (Å²) in [6, 6.07) is 6.18. The highest BCUT2D eigenvalue weighted by Gasteiger charge is 2.24. The number of fused-ring (bicyclic) bond motifs is 1. The lowest BCUT2D eigenvalue weighted by molar-refractivity contribution is -0.119.